The second kappa shape index (κ2) is 8.24. The lowest BCUT2D eigenvalue weighted by Gasteiger charge is -2.08. The standard InChI is InChI=1S/C17H16ClN3O2S2/c1-9-10(2)25-16(14(9)15(19)23)21-17(24)20-13(22)8-7-11-5-3-4-6-12(11)18/h3-8H,1-2H3,(H2,19,23)(H2,20,21,22,24). The largest absolute Gasteiger partial charge is 0.365 e. The number of anilines is 1. The Morgan fingerprint density at radius 3 is 2.60 bits per heavy atom. The predicted molar refractivity (Wildman–Crippen MR) is 107 cm³/mol. The molecule has 0 atom stereocenters. The molecule has 0 aliphatic carbocycles. The minimum atomic E-state index is -0.544. The van der Waals surface area contributed by atoms with Crippen LogP contribution in [0.4, 0.5) is 5.00 Å². The molecule has 5 nitrogen and oxygen atoms in total. The molecule has 1 aromatic carbocycles. The molecular formula is C17H16ClN3O2S2. The lowest BCUT2D eigenvalue weighted by molar-refractivity contribution is -0.115. The number of benzene rings is 1. The van der Waals surface area contributed by atoms with E-state index in [-0.39, 0.29) is 5.11 Å². The zero-order valence-corrected chi connectivity index (χ0v) is 15.9. The summed E-state index contributed by atoms with van der Waals surface area (Å²) in [5.41, 5.74) is 7.31. The molecule has 0 aliphatic heterocycles. The Bertz CT molecular complexity index is 875. The van der Waals surface area contributed by atoms with E-state index in [1.165, 1.54) is 17.4 Å². The van der Waals surface area contributed by atoms with Crippen molar-refractivity contribution in [3.63, 3.8) is 0 Å². The number of thiocarbonyl (C=S) groups is 1. The third kappa shape index (κ3) is 4.88. The molecular weight excluding hydrogens is 378 g/mol. The highest BCUT2D eigenvalue weighted by molar-refractivity contribution is 7.80. The minimum absolute atomic E-state index is 0.0811. The fourth-order valence-corrected chi connectivity index (χ4v) is 3.61. The van der Waals surface area contributed by atoms with Crippen LogP contribution in [0.25, 0.3) is 6.08 Å². The molecule has 1 heterocycles. The Balaban J connectivity index is 2.03. The summed E-state index contributed by atoms with van der Waals surface area (Å²) in [4.78, 5) is 24.5. The molecule has 0 aliphatic rings. The van der Waals surface area contributed by atoms with Gasteiger partial charge in [0.05, 0.1) is 5.56 Å². The summed E-state index contributed by atoms with van der Waals surface area (Å²) in [6, 6.07) is 7.15. The third-order valence-electron chi connectivity index (χ3n) is 3.41. The molecule has 2 amide bonds. The average molecular weight is 394 g/mol. The number of carbonyl (C=O) groups is 2. The van der Waals surface area contributed by atoms with Crippen molar-refractivity contribution in [1.29, 1.82) is 0 Å². The second-order valence-electron chi connectivity index (χ2n) is 5.15. The number of halogens is 1. The number of nitrogens with two attached hydrogens (primary N) is 1. The zero-order chi connectivity index (χ0) is 18.6. The molecule has 0 unspecified atom stereocenters. The van der Waals surface area contributed by atoms with Crippen molar-refractivity contribution in [2.45, 2.75) is 13.8 Å². The Labute approximate surface area is 159 Å². The van der Waals surface area contributed by atoms with Crippen molar-refractivity contribution in [2.24, 2.45) is 5.73 Å². The molecule has 8 heteroatoms. The number of primary amides is 1. The van der Waals surface area contributed by atoms with Gasteiger partial charge in [-0.25, -0.2) is 0 Å². The van der Waals surface area contributed by atoms with Gasteiger partial charge >= 0.3 is 0 Å². The third-order valence-corrected chi connectivity index (χ3v) is 5.09. The number of nitrogens with one attached hydrogen (secondary N) is 2. The molecule has 130 valence electrons. The summed E-state index contributed by atoms with van der Waals surface area (Å²) in [5.74, 6) is -0.958. The van der Waals surface area contributed by atoms with Crippen LogP contribution in [0.1, 0.15) is 26.4 Å². The van der Waals surface area contributed by atoms with Crippen molar-refractivity contribution in [1.82, 2.24) is 5.32 Å². The number of aryl methyl sites for hydroxylation is 1. The molecule has 0 radical (unpaired) electrons. The smallest absolute Gasteiger partial charge is 0.251 e. The number of amides is 2. The van der Waals surface area contributed by atoms with E-state index in [0.717, 1.165) is 16.0 Å². The monoisotopic (exact) mass is 393 g/mol. The maximum atomic E-state index is 12.0. The van der Waals surface area contributed by atoms with Gasteiger partial charge in [0, 0.05) is 16.0 Å². The van der Waals surface area contributed by atoms with Crippen molar-refractivity contribution in [3.05, 3.63) is 56.9 Å². The Morgan fingerprint density at radius 2 is 1.96 bits per heavy atom. The van der Waals surface area contributed by atoms with Crippen LogP contribution < -0.4 is 16.4 Å². The molecule has 0 bridgehead atoms. The van der Waals surface area contributed by atoms with Gasteiger partial charge in [-0.05, 0) is 49.3 Å². The van der Waals surface area contributed by atoms with Crippen LogP contribution in [0.15, 0.2) is 30.3 Å². The quantitative estimate of drug-likeness (QED) is 0.547. The molecule has 0 saturated heterocycles. The number of hydrogen-bond acceptors (Lipinski definition) is 4. The van der Waals surface area contributed by atoms with Crippen LogP contribution in [-0.2, 0) is 4.79 Å². The molecule has 0 spiro atoms. The highest BCUT2D eigenvalue weighted by Gasteiger charge is 2.18. The van der Waals surface area contributed by atoms with Crippen LogP contribution in [0.2, 0.25) is 5.02 Å². The van der Waals surface area contributed by atoms with Crippen molar-refractivity contribution in [2.75, 3.05) is 5.32 Å². The number of carbonyl (C=O) groups excluding carboxylic acids is 2. The van der Waals surface area contributed by atoms with Gasteiger partial charge in [-0.2, -0.15) is 0 Å². The van der Waals surface area contributed by atoms with Crippen LogP contribution in [0.3, 0.4) is 0 Å². The van der Waals surface area contributed by atoms with Crippen molar-refractivity contribution >= 4 is 63.2 Å². The Hall–Kier alpha value is -2.22. The van der Waals surface area contributed by atoms with Gasteiger partial charge in [-0.15, -0.1) is 11.3 Å². The lowest BCUT2D eigenvalue weighted by atomic mass is 10.1. The first kappa shape index (κ1) is 19.1. The van der Waals surface area contributed by atoms with Crippen molar-refractivity contribution in [3.8, 4) is 0 Å². The van der Waals surface area contributed by atoms with Crippen molar-refractivity contribution < 1.29 is 9.59 Å². The fraction of sp³-hybridized carbons (Fsp3) is 0.118. The molecule has 2 rings (SSSR count). The molecule has 2 aromatic rings. The maximum Gasteiger partial charge on any atom is 0.251 e. The van der Waals surface area contributed by atoms with Gasteiger partial charge < -0.3 is 11.1 Å². The maximum absolute atomic E-state index is 12.0. The minimum Gasteiger partial charge on any atom is -0.365 e. The van der Waals surface area contributed by atoms with E-state index in [1.807, 2.05) is 19.9 Å². The zero-order valence-electron chi connectivity index (χ0n) is 13.6. The first-order chi connectivity index (χ1) is 11.8. The van der Waals surface area contributed by atoms with Crippen LogP contribution in [0.5, 0.6) is 0 Å². The van der Waals surface area contributed by atoms with Gasteiger partial charge in [0.15, 0.2) is 5.11 Å². The van der Waals surface area contributed by atoms with E-state index in [4.69, 9.17) is 29.6 Å². The molecule has 4 N–H and O–H groups in total. The highest BCUT2D eigenvalue weighted by atomic mass is 35.5. The predicted octanol–water partition coefficient (Wildman–Crippen LogP) is 3.64. The van der Waals surface area contributed by atoms with E-state index >= 15 is 0 Å². The number of rotatable bonds is 4. The lowest BCUT2D eigenvalue weighted by Crippen LogP contribution is -2.33. The summed E-state index contributed by atoms with van der Waals surface area (Å²) >= 11 is 12.5. The first-order valence-corrected chi connectivity index (χ1v) is 8.84. The highest BCUT2D eigenvalue weighted by Crippen LogP contribution is 2.31. The van der Waals surface area contributed by atoms with Gasteiger partial charge in [0.25, 0.3) is 5.91 Å². The first-order valence-electron chi connectivity index (χ1n) is 7.24. The summed E-state index contributed by atoms with van der Waals surface area (Å²) < 4.78 is 0. The second-order valence-corrected chi connectivity index (χ2v) is 7.19. The molecule has 0 saturated carbocycles. The number of thiophene rings is 1. The topological polar surface area (TPSA) is 84.2 Å². The van der Waals surface area contributed by atoms with Crippen LogP contribution in [0, 0.1) is 13.8 Å². The normalized spacial score (nSPS) is 10.7. The van der Waals surface area contributed by atoms with Gasteiger partial charge in [0.1, 0.15) is 5.00 Å². The number of hydrogen-bond donors (Lipinski definition) is 3. The van der Waals surface area contributed by atoms with Gasteiger partial charge in [-0.3, -0.25) is 14.9 Å². The molecule has 0 fully saturated rings. The van der Waals surface area contributed by atoms with Gasteiger partial charge in [0.2, 0.25) is 5.91 Å². The van der Waals surface area contributed by atoms with E-state index in [2.05, 4.69) is 10.6 Å². The molecule has 1 aromatic heterocycles. The summed E-state index contributed by atoms with van der Waals surface area (Å²) in [5, 5.41) is 6.51. The average Bonchev–Trinajstić information content (AvgIpc) is 2.80. The van der Waals surface area contributed by atoms with Crippen LogP contribution in [-0.4, -0.2) is 16.9 Å². The SMILES string of the molecule is Cc1sc(NC(=S)NC(=O)C=Cc2ccccc2Cl)c(C(N)=O)c1C. The summed E-state index contributed by atoms with van der Waals surface area (Å²) in [7, 11) is 0. The molecule has 25 heavy (non-hydrogen) atoms. The Morgan fingerprint density at radius 1 is 1.28 bits per heavy atom. The fourth-order valence-electron chi connectivity index (χ4n) is 2.08. The van der Waals surface area contributed by atoms with E-state index in [9.17, 15) is 9.59 Å². The van der Waals surface area contributed by atoms with E-state index in [0.29, 0.717) is 15.6 Å². The Kier molecular flexibility index (Phi) is 6.30. The van der Waals surface area contributed by atoms with E-state index in [1.54, 1.807) is 24.3 Å². The summed E-state index contributed by atoms with van der Waals surface area (Å²) in [6.45, 7) is 3.69. The van der Waals surface area contributed by atoms with E-state index < -0.39 is 11.8 Å². The van der Waals surface area contributed by atoms with Gasteiger partial charge in [-0.1, -0.05) is 29.8 Å². The van der Waals surface area contributed by atoms with Crippen LogP contribution >= 0.6 is 35.2 Å². The summed E-state index contributed by atoms with van der Waals surface area (Å²) in [6.07, 6.45) is 2.92.